The van der Waals surface area contributed by atoms with Gasteiger partial charge in [-0.05, 0) is 25.7 Å². The van der Waals surface area contributed by atoms with Crippen molar-refractivity contribution in [3.8, 4) is 10.4 Å². The van der Waals surface area contributed by atoms with E-state index in [2.05, 4.69) is 21.0 Å². The Balaban J connectivity index is 1.82. The molecule has 1 aliphatic carbocycles. The zero-order valence-corrected chi connectivity index (χ0v) is 9.50. The molecule has 0 bridgehead atoms. The van der Waals surface area contributed by atoms with Gasteiger partial charge in [-0.1, -0.05) is 0 Å². The van der Waals surface area contributed by atoms with Gasteiger partial charge < -0.3 is 0 Å². The summed E-state index contributed by atoms with van der Waals surface area (Å²) in [6.45, 7) is 3.11. The quantitative estimate of drug-likeness (QED) is 0.794. The van der Waals surface area contributed by atoms with Gasteiger partial charge in [0.25, 0.3) is 0 Å². The first-order valence-corrected chi connectivity index (χ1v) is 6.08. The summed E-state index contributed by atoms with van der Waals surface area (Å²) >= 11 is 1.72. The predicted octanol–water partition coefficient (Wildman–Crippen LogP) is 2.73. The number of nitrogens with zero attached hydrogens (tertiary/aromatic N) is 3. The lowest BCUT2D eigenvalue weighted by Gasteiger charge is -1.96. The highest BCUT2D eigenvalue weighted by atomic mass is 32.1. The average molecular weight is 219 g/mol. The summed E-state index contributed by atoms with van der Waals surface area (Å²) < 4.78 is 2.06. The van der Waals surface area contributed by atoms with Crippen molar-refractivity contribution in [2.45, 2.75) is 26.3 Å². The maximum absolute atomic E-state index is 4.38. The monoisotopic (exact) mass is 219 g/mol. The summed E-state index contributed by atoms with van der Waals surface area (Å²) in [6, 6.07) is 0. The van der Waals surface area contributed by atoms with Crippen molar-refractivity contribution in [1.29, 1.82) is 0 Å². The van der Waals surface area contributed by atoms with Crippen molar-refractivity contribution in [3.05, 3.63) is 23.6 Å². The molecule has 0 saturated heterocycles. The first kappa shape index (κ1) is 9.09. The number of hydrogen-bond acceptors (Lipinski definition) is 3. The van der Waals surface area contributed by atoms with Crippen molar-refractivity contribution in [3.63, 3.8) is 0 Å². The van der Waals surface area contributed by atoms with Crippen molar-refractivity contribution >= 4 is 11.3 Å². The topological polar surface area (TPSA) is 30.7 Å². The van der Waals surface area contributed by atoms with Crippen LogP contribution in [0.15, 0.2) is 18.6 Å². The Labute approximate surface area is 92.8 Å². The molecule has 1 aliphatic rings. The van der Waals surface area contributed by atoms with Gasteiger partial charge in [0.1, 0.15) is 0 Å². The van der Waals surface area contributed by atoms with E-state index in [1.165, 1.54) is 23.3 Å². The first-order chi connectivity index (χ1) is 7.31. The molecule has 0 unspecified atom stereocenters. The SMILES string of the molecule is Cc1ncc(-c2cnn(CC3CC3)c2)s1. The molecule has 0 N–H and O–H groups in total. The molecule has 2 heterocycles. The van der Waals surface area contributed by atoms with Gasteiger partial charge in [0, 0.05) is 24.5 Å². The van der Waals surface area contributed by atoms with Crippen molar-refractivity contribution < 1.29 is 0 Å². The Hall–Kier alpha value is -1.16. The zero-order chi connectivity index (χ0) is 10.3. The van der Waals surface area contributed by atoms with Gasteiger partial charge in [-0.3, -0.25) is 4.68 Å². The second-order valence-electron chi connectivity index (χ2n) is 4.14. The van der Waals surface area contributed by atoms with Gasteiger partial charge in [-0.25, -0.2) is 4.98 Å². The van der Waals surface area contributed by atoms with E-state index in [9.17, 15) is 0 Å². The van der Waals surface area contributed by atoms with Gasteiger partial charge in [-0.2, -0.15) is 5.10 Å². The minimum Gasteiger partial charge on any atom is -0.272 e. The third-order valence-electron chi connectivity index (χ3n) is 2.68. The number of thiazole rings is 1. The first-order valence-electron chi connectivity index (χ1n) is 5.26. The minimum atomic E-state index is 0.876. The fourth-order valence-electron chi connectivity index (χ4n) is 1.65. The maximum atomic E-state index is 4.38. The molecule has 78 valence electrons. The van der Waals surface area contributed by atoms with Crippen LogP contribution in [0.4, 0.5) is 0 Å². The molecule has 2 aromatic rings. The van der Waals surface area contributed by atoms with Gasteiger partial charge in [-0.15, -0.1) is 11.3 Å². The third kappa shape index (κ3) is 1.95. The second-order valence-corrected chi connectivity index (χ2v) is 5.37. The minimum absolute atomic E-state index is 0.876. The van der Waals surface area contributed by atoms with Crippen LogP contribution in [0.5, 0.6) is 0 Å². The van der Waals surface area contributed by atoms with Crippen molar-refractivity contribution in [1.82, 2.24) is 14.8 Å². The molecule has 0 atom stereocenters. The lowest BCUT2D eigenvalue weighted by atomic mass is 10.3. The molecule has 1 saturated carbocycles. The fraction of sp³-hybridized carbons (Fsp3) is 0.455. The van der Waals surface area contributed by atoms with Crippen LogP contribution in [0.3, 0.4) is 0 Å². The van der Waals surface area contributed by atoms with Crippen LogP contribution < -0.4 is 0 Å². The van der Waals surface area contributed by atoms with Gasteiger partial charge in [0.15, 0.2) is 0 Å². The summed E-state index contributed by atoms with van der Waals surface area (Å²) in [4.78, 5) is 5.47. The van der Waals surface area contributed by atoms with E-state index < -0.39 is 0 Å². The summed E-state index contributed by atoms with van der Waals surface area (Å²) in [5.41, 5.74) is 1.20. The highest BCUT2D eigenvalue weighted by Crippen LogP contribution is 2.31. The van der Waals surface area contributed by atoms with E-state index in [4.69, 9.17) is 0 Å². The Morgan fingerprint density at radius 2 is 2.33 bits per heavy atom. The van der Waals surface area contributed by atoms with Gasteiger partial charge in [0.05, 0.1) is 16.1 Å². The van der Waals surface area contributed by atoms with E-state index in [1.807, 2.05) is 19.3 Å². The highest BCUT2D eigenvalue weighted by molar-refractivity contribution is 7.15. The van der Waals surface area contributed by atoms with E-state index >= 15 is 0 Å². The Morgan fingerprint density at radius 3 is 3.00 bits per heavy atom. The molecule has 0 amide bonds. The lowest BCUT2D eigenvalue weighted by Crippen LogP contribution is -1.98. The molecule has 15 heavy (non-hydrogen) atoms. The molecule has 2 aromatic heterocycles. The maximum Gasteiger partial charge on any atom is 0.0900 e. The van der Waals surface area contributed by atoms with Crippen LogP contribution in [-0.4, -0.2) is 14.8 Å². The summed E-state index contributed by atoms with van der Waals surface area (Å²) in [7, 11) is 0. The molecule has 0 aromatic carbocycles. The summed E-state index contributed by atoms with van der Waals surface area (Å²) in [5.74, 6) is 0.876. The zero-order valence-electron chi connectivity index (χ0n) is 8.68. The van der Waals surface area contributed by atoms with E-state index in [0.717, 1.165) is 17.5 Å². The summed E-state index contributed by atoms with van der Waals surface area (Å²) in [5, 5.41) is 5.49. The van der Waals surface area contributed by atoms with Crippen LogP contribution in [-0.2, 0) is 6.54 Å². The smallest absolute Gasteiger partial charge is 0.0900 e. The van der Waals surface area contributed by atoms with Crippen molar-refractivity contribution in [2.75, 3.05) is 0 Å². The van der Waals surface area contributed by atoms with Crippen LogP contribution in [0.2, 0.25) is 0 Å². The molecular weight excluding hydrogens is 206 g/mol. The second kappa shape index (κ2) is 3.45. The van der Waals surface area contributed by atoms with Crippen LogP contribution in [0.1, 0.15) is 17.8 Å². The molecule has 0 spiro atoms. The van der Waals surface area contributed by atoms with E-state index in [0.29, 0.717) is 0 Å². The molecule has 3 nitrogen and oxygen atoms in total. The predicted molar refractivity (Wildman–Crippen MR) is 60.8 cm³/mol. The van der Waals surface area contributed by atoms with E-state index in [1.54, 1.807) is 11.3 Å². The number of hydrogen-bond donors (Lipinski definition) is 0. The third-order valence-corrected chi connectivity index (χ3v) is 3.64. The van der Waals surface area contributed by atoms with Gasteiger partial charge >= 0.3 is 0 Å². The largest absolute Gasteiger partial charge is 0.272 e. The molecule has 3 rings (SSSR count). The number of rotatable bonds is 3. The van der Waals surface area contributed by atoms with Crippen molar-refractivity contribution in [2.24, 2.45) is 5.92 Å². The Kier molecular flexibility index (Phi) is 2.09. The average Bonchev–Trinajstić information content (AvgIpc) is 2.74. The fourth-order valence-corrected chi connectivity index (χ4v) is 2.40. The Morgan fingerprint density at radius 1 is 1.47 bits per heavy atom. The van der Waals surface area contributed by atoms with Gasteiger partial charge in [0.2, 0.25) is 0 Å². The van der Waals surface area contributed by atoms with Crippen LogP contribution in [0.25, 0.3) is 10.4 Å². The lowest BCUT2D eigenvalue weighted by molar-refractivity contribution is 0.563. The molecular formula is C11H13N3S. The normalized spacial score (nSPS) is 15.8. The number of aromatic nitrogens is 3. The molecule has 0 radical (unpaired) electrons. The standard InChI is InChI=1S/C11H13N3S/c1-8-12-5-11(15-8)10-4-13-14(7-10)6-9-2-3-9/h4-5,7,9H,2-3,6H2,1H3. The molecule has 0 aliphatic heterocycles. The molecule has 1 fully saturated rings. The van der Waals surface area contributed by atoms with Crippen LogP contribution >= 0.6 is 11.3 Å². The summed E-state index contributed by atoms with van der Waals surface area (Å²) in [6.07, 6.45) is 8.74. The van der Waals surface area contributed by atoms with Crippen LogP contribution in [0, 0.1) is 12.8 Å². The molecule has 4 heteroatoms. The highest BCUT2D eigenvalue weighted by Gasteiger charge is 2.22. The Bertz CT molecular complexity index is 468. The number of aryl methyl sites for hydroxylation is 1. The van der Waals surface area contributed by atoms with E-state index in [-0.39, 0.29) is 0 Å².